The number of fused-ring (bicyclic) bond motifs is 18. The van der Waals surface area contributed by atoms with Crippen LogP contribution in [0.15, 0.2) is 182 Å². The van der Waals surface area contributed by atoms with Crippen LogP contribution in [0, 0.1) is 0 Å². The molecule has 0 bridgehead atoms. The molecule has 0 N–H and O–H groups in total. The fourth-order valence-corrected chi connectivity index (χ4v) is 10.5. The van der Waals surface area contributed by atoms with Gasteiger partial charge in [0.2, 0.25) is 0 Å². The zero-order chi connectivity index (χ0) is 34.6. The number of thiophene rings is 1. The molecule has 0 amide bonds. The van der Waals surface area contributed by atoms with E-state index < -0.39 is 0 Å². The molecule has 0 fully saturated rings. The molecule has 0 unspecified atom stereocenters. The van der Waals surface area contributed by atoms with Gasteiger partial charge in [-0.2, -0.15) is 0 Å². The number of hydrogen-bond donors (Lipinski definition) is 0. The maximum Gasteiger partial charge on any atom is 0.0440 e. The van der Waals surface area contributed by atoms with Gasteiger partial charge in [0.15, 0.2) is 0 Å². The molecule has 1 heteroatoms. The molecule has 0 saturated carbocycles. The van der Waals surface area contributed by atoms with E-state index in [9.17, 15) is 0 Å². The minimum absolute atomic E-state index is 1.23. The van der Waals surface area contributed by atoms with Gasteiger partial charge in [-0.05, 0) is 99.0 Å². The first-order valence-electron chi connectivity index (χ1n) is 18.3. The Labute approximate surface area is 309 Å². The summed E-state index contributed by atoms with van der Waals surface area (Å²) in [5.74, 6) is 0. The van der Waals surface area contributed by atoms with Gasteiger partial charge in [-0.25, -0.2) is 0 Å². The van der Waals surface area contributed by atoms with Crippen molar-refractivity contribution in [1.82, 2.24) is 0 Å². The molecular formula is C52H30S. The second kappa shape index (κ2) is 11.0. The van der Waals surface area contributed by atoms with E-state index in [0.29, 0.717) is 0 Å². The van der Waals surface area contributed by atoms with E-state index in [1.165, 1.54) is 118 Å². The Bertz CT molecular complexity index is 3470. The van der Waals surface area contributed by atoms with Crippen LogP contribution in [0.3, 0.4) is 0 Å². The summed E-state index contributed by atoms with van der Waals surface area (Å²) < 4.78 is 2.75. The Morgan fingerprint density at radius 1 is 0.226 bits per heavy atom. The standard InChI is InChI=1S/C52H30S/c1-2-10-37-33(9-1)21-22-36-29-34(23-25-38(36)37)31-17-19-32(20-18-31)35-24-26-42-45-27-28-47-50-43-14-6-3-11-39(43)40-12-5-8-16-46(40)51(50)53-52(47)49(45)44-15-7-4-13-41(44)48(42)30-35/h1-30H. The SMILES string of the molecule is c1ccc2c(c1)ccc1cc(-c3ccc(-c4ccc5c(c4)c4ccccc4c4c5ccc5c4sc4c6ccccc6c6ccccc6c54)cc3)ccc12. The molecule has 0 spiro atoms. The largest absolute Gasteiger partial charge is 0.134 e. The summed E-state index contributed by atoms with van der Waals surface area (Å²) in [6.07, 6.45) is 0. The third kappa shape index (κ3) is 4.17. The van der Waals surface area contributed by atoms with Crippen molar-refractivity contribution in [2.75, 3.05) is 0 Å². The van der Waals surface area contributed by atoms with Crippen molar-refractivity contribution in [1.29, 1.82) is 0 Å². The van der Waals surface area contributed by atoms with Crippen molar-refractivity contribution in [3.8, 4) is 22.3 Å². The lowest BCUT2D eigenvalue weighted by Gasteiger charge is -2.13. The van der Waals surface area contributed by atoms with Crippen LogP contribution in [-0.2, 0) is 0 Å². The minimum Gasteiger partial charge on any atom is -0.134 e. The molecule has 0 aliphatic carbocycles. The molecule has 0 aliphatic heterocycles. The van der Waals surface area contributed by atoms with E-state index in [1.54, 1.807) is 0 Å². The predicted molar refractivity (Wildman–Crippen MR) is 233 cm³/mol. The second-order valence-corrected chi connectivity index (χ2v) is 15.4. The van der Waals surface area contributed by atoms with Crippen LogP contribution in [0.25, 0.3) is 118 Å². The van der Waals surface area contributed by atoms with Crippen molar-refractivity contribution in [3.63, 3.8) is 0 Å². The molecule has 1 aromatic heterocycles. The Hall–Kier alpha value is -6.54. The molecule has 0 nitrogen and oxygen atoms in total. The molecule has 11 aromatic carbocycles. The number of hydrogen-bond acceptors (Lipinski definition) is 1. The quantitative estimate of drug-likeness (QED) is 0.159. The highest BCUT2D eigenvalue weighted by Gasteiger charge is 2.19. The molecule has 1 heterocycles. The maximum atomic E-state index is 2.41. The number of benzene rings is 11. The Morgan fingerprint density at radius 3 is 1.34 bits per heavy atom. The summed E-state index contributed by atoms with van der Waals surface area (Å²) in [5.41, 5.74) is 4.93. The topological polar surface area (TPSA) is 0 Å². The van der Waals surface area contributed by atoms with E-state index in [1.807, 2.05) is 11.3 Å². The summed E-state index contributed by atoms with van der Waals surface area (Å²) in [6, 6.07) is 67.8. The van der Waals surface area contributed by atoms with Crippen molar-refractivity contribution in [2.45, 2.75) is 0 Å². The smallest absolute Gasteiger partial charge is 0.0440 e. The lowest BCUT2D eigenvalue weighted by molar-refractivity contribution is 1.62. The third-order valence-electron chi connectivity index (χ3n) is 11.6. The van der Waals surface area contributed by atoms with E-state index in [2.05, 4.69) is 182 Å². The van der Waals surface area contributed by atoms with Gasteiger partial charge in [-0.3, -0.25) is 0 Å². The normalized spacial score (nSPS) is 12.2. The molecule has 0 radical (unpaired) electrons. The van der Waals surface area contributed by atoms with Gasteiger partial charge in [0.05, 0.1) is 0 Å². The van der Waals surface area contributed by atoms with Crippen LogP contribution in [0.1, 0.15) is 0 Å². The first-order chi connectivity index (χ1) is 26.3. The van der Waals surface area contributed by atoms with Crippen molar-refractivity contribution >= 4 is 107 Å². The zero-order valence-corrected chi connectivity index (χ0v) is 29.5. The van der Waals surface area contributed by atoms with Crippen molar-refractivity contribution in [2.24, 2.45) is 0 Å². The Balaban J connectivity index is 1.03. The highest BCUT2D eigenvalue weighted by Crippen LogP contribution is 2.49. The van der Waals surface area contributed by atoms with Gasteiger partial charge in [0.25, 0.3) is 0 Å². The van der Waals surface area contributed by atoms with Crippen LogP contribution in [-0.4, -0.2) is 0 Å². The molecule has 0 aliphatic rings. The average Bonchev–Trinajstić information content (AvgIpc) is 3.64. The van der Waals surface area contributed by atoms with E-state index in [-0.39, 0.29) is 0 Å². The van der Waals surface area contributed by atoms with Gasteiger partial charge >= 0.3 is 0 Å². The van der Waals surface area contributed by atoms with E-state index >= 15 is 0 Å². The first kappa shape index (κ1) is 29.1. The summed E-state index contributed by atoms with van der Waals surface area (Å²) in [6.45, 7) is 0. The Kier molecular flexibility index (Phi) is 6.03. The minimum atomic E-state index is 1.23. The third-order valence-corrected chi connectivity index (χ3v) is 12.9. The predicted octanol–water partition coefficient (Wildman–Crippen LogP) is 15.5. The molecule has 12 rings (SSSR count). The fraction of sp³-hybridized carbons (Fsp3) is 0. The van der Waals surface area contributed by atoms with E-state index in [4.69, 9.17) is 0 Å². The van der Waals surface area contributed by atoms with Gasteiger partial charge in [0, 0.05) is 30.9 Å². The Morgan fingerprint density at radius 2 is 0.623 bits per heavy atom. The summed E-state index contributed by atoms with van der Waals surface area (Å²) >= 11 is 1.96. The summed E-state index contributed by atoms with van der Waals surface area (Å²) in [7, 11) is 0. The van der Waals surface area contributed by atoms with Crippen LogP contribution in [0.4, 0.5) is 0 Å². The summed E-state index contributed by atoms with van der Waals surface area (Å²) in [5, 5.41) is 21.1. The highest BCUT2D eigenvalue weighted by molar-refractivity contribution is 7.28. The molecule has 12 aromatic rings. The van der Waals surface area contributed by atoms with Gasteiger partial charge < -0.3 is 0 Å². The fourth-order valence-electron chi connectivity index (χ4n) is 9.13. The molecule has 53 heavy (non-hydrogen) atoms. The summed E-state index contributed by atoms with van der Waals surface area (Å²) in [4.78, 5) is 0. The van der Waals surface area contributed by atoms with Gasteiger partial charge in [-0.15, -0.1) is 11.3 Å². The second-order valence-electron chi connectivity index (χ2n) is 14.4. The maximum absolute atomic E-state index is 2.41. The average molecular weight is 687 g/mol. The van der Waals surface area contributed by atoms with Crippen LogP contribution < -0.4 is 0 Å². The van der Waals surface area contributed by atoms with Gasteiger partial charge in [0.1, 0.15) is 0 Å². The van der Waals surface area contributed by atoms with E-state index in [0.717, 1.165) is 0 Å². The molecule has 0 atom stereocenters. The zero-order valence-electron chi connectivity index (χ0n) is 28.7. The highest BCUT2D eigenvalue weighted by atomic mass is 32.1. The monoisotopic (exact) mass is 686 g/mol. The number of rotatable bonds is 2. The molecular weight excluding hydrogens is 657 g/mol. The lowest BCUT2D eigenvalue weighted by atomic mass is 9.90. The molecule has 0 saturated heterocycles. The van der Waals surface area contributed by atoms with Crippen LogP contribution in [0.5, 0.6) is 0 Å². The molecule has 244 valence electrons. The van der Waals surface area contributed by atoms with Gasteiger partial charge in [-0.1, -0.05) is 170 Å². The van der Waals surface area contributed by atoms with Crippen LogP contribution in [0.2, 0.25) is 0 Å². The van der Waals surface area contributed by atoms with Crippen molar-refractivity contribution in [3.05, 3.63) is 182 Å². The van der Waals surface area contributed by atoms with Crippen LogP contribution >= 0.6 is 11.3 Å². The van der Waals surface area contributed by atoms with Crippen molar-refractivity contribution < 1.29 is 0 Å². The first-order valence-corrected chi connectivity index (χ1v) is 19.2. The lowest BCUT2D eigenvalue weighted by Crippen LogP contribution is -1.86.